The summed E-state index contributed by atoms with van der Waals surface area (Å²) in [7, 11) is 1.70. The molecule has 0 unspecified atom stereocenters. The van der Waals surface area contributed by atoms with Crippen LogP contribution in [0, 0.1) is 0 Å². The summed E-state index contributed by atoms with van der Waals surface area (Å²) in [5.41, 5.74) is 2.32. The van der Waals surface area contributed by atoms with E-state index in [4.69, 9.17) is 0 Å². The molecule has 3 rings (SSSR count). The van der Waals surface area contributed by atoms with Gasteiger partial charge in [0.15, 0.2) is 5.69 Å². The number of carbonyl (C=O) groups is 2. The Morgan fingerprint density at radius 1 is 0.821 bits per heavy atom. The van der Waals surface area contributed by atoms with E-state index in [-0.39, 0.29) is 35.3 Å². The predicted octanol–water partition coefficient (Wildman–Crippen LogP) is 3.40. The first-order valence-corrected chi connectivity index (χ1v) is 9.20. The molecular formula is C22H24N4O2. The van der Waals surface area contributed by atoms with Crippen molar-refractivity contribution in [2.24, 2.45) is 7.05 Å². The molecule has 3 aromatic rings. The second-order valence-electron chi connectivity index (χ2n) is 6.76. The number of nitrogens with one attached hydrogen (secondary N) is 2. The van der Waals surface area contributed by atoms with Crippen molar-refractivity contribution in [3.05, 3.63) is 89.5 Å². The first kappa shape index (κ1) is 19.4. The average Bonchev–Trinajstić information content (AvgIpc) is 3.11. The van der Waals surface area contributed by atoms with Gasteiger partial charge in [-0.3, -0.25) is 9.59 Å². The third-order valence-corrected chi connectivity index (χ3v) is 4.66. The number of hydrogen-bond acceptors (Lipinski definition) is 3. The van der Waals surface area contributed by atoms with Crippen LogP contribution in [-0.2, 0) is 7.05 Å². The Kier molecular flexibility index (Phi) is 5.89. The van der Waals surface area contributed by atoms with Crippen molar-refractivity contribution in [1.82, 2.24) is 20.2 Å². The first-order chi connectivity index (χ1) is 13.5. The maximum Gasteiger partial charge on any atom is 0.272 e. The SMILES string of the molecule is C[C@@H](NC(=O)c1ncn(C)c1C(=O)N[C@H](C)c1ccccc1)c1ccccc1. The average molecular weight is 376 g/mol. The highest BCUT2D eigenvalue weighted by atomic mass is 16.2. The molecule has 0 spiro atoms. The Balaban J connectivity index is 1.75. The highest BCUT2D eigenvalue weighted by molar-refractivity contribution is 6.05. The molecule has 6 heteroatoms. The summed E-state index contributed by atoms with van der Waals surface area (Å²) >= 11 is 0. The zero-order valence-electron chi connectivity index (χ0n) is 16.2. The lowest BCUT2D eigenvalue weighted by Gasteiger charge is -2.16. The maximum atomic E-state index is 12.8. The molecule has 1 heterocycles. The number of carbonyl (C=O) groups excluding carboxylic acids is 2. The van der Waals surface area contributed by atoms with Crippen LogP contribution in [0.2, 0.25) is 0 Å². The standard InChI is InChI=1S/C22H24N4O2/c1-15(17-10-6-4-7-11-17)24-21(27)19-20(26(3)14-23-19)22(28)25-16(2)18-12-8-5-9-13-18/h4-16H,1-3H3,(H,24,27)(H,25,28)/t15-,16-/m1/s1. The van der Waals surface area contributed by atoms with E-state index < -0.39 is 0 Å². The van der Waals surface area contributed by atoms with Crippen molar-refractivity contribution < 1.29 is 9.59 Å². The maximum absolute atomic E-state index is 12.8. The van der Waals surface area contributed by atoms with Crippen molar-refractivity contribution in [2.45, 2.75) is 25.9 Å². The number of rotatable bonds is 6. The van der Waals surface area contributed by atoms with Crippen molar-refractivity contribution in [3.63, 3.8) is 0 Å². The summed E-state index contributed by atoms with van der Waals surface area (Å²) in [5, 5.41) is 5.85. The van der Waals surface area contributed by atoms with Crippen LogP contribution >= 0.6 is 0 Å². The fourth-order valence-electron chi connectivity index (χ4n) is 3.04. The molecule has 6 nitrogen and oxygen atoms in total. The highest BCUT2D eigenvalue weighted by Crippen LogP contribution is 2.16. The van der Waals surface area contributed by atoms with E-state index in [1.807, 2.05) is 74.5 Å². The molecule has 0 radical (unpaired) electrons. The van der Waals surface area contributed by atoms with Crippen LogP contribution in [0.25, 0.3) is 0 Å². The van der Waals surface area contributed by atoms with Gasteiger partial charge in [0.2, 0.25) is 0 Å². The van der Waals surface area contributed by atoms with Crippen LogP contribution in [-0.4, -0.2) is 21.4 Å². The number of imidazole rings is 1. The Hall–Kier alpha value is -3.41. The second-order valence-corrected chi connectivity index (χ2v) is 6.76. The van der Waals surface area contributed by atoms with Crippen LogP contribution in [0.1, 0.15) is 58.0 Å². The van der Waals surface area contributed by atoms with Gasteiger partial charge in [-0.25, -0.2) is 4.98 Å². The molecule has 0 fully saturated rings. The minimum absolute atomic E-state index is 0.114. The van der Waals surface area contributed by atoms with Gasteiger partial charge in [0.25, 0.3) is 11.8 Å². The van der Waals surface area contributed by atoms with Gasteiger partial charge < -0.3 is 15.2 Å². The number of aromatic nitrogens is 2. The molecule has 2 atom stereocenters. The number of nitrogens with zero attached hydrogens (tertiary/aromatic N) is 2. The van der Waals surface area contributed by atoms with Crippen LogP contribution in [0.15, 0.2) is 67.0 Å². The van der Waals surface area contributed by atoms with Gasteiger partial charge in [-0.15, -0.1) is 0 Å². The summed E-state index contributed by atoms with van der Waals surface area (Å²) in [4.78, 5) is 29.7. The zero-order valence-corrected chi connectivity index (χ0v) is 16.2. The van der Waals surface area contributed by atoms with Gasteiger partial charge in [-0.1, -0.05) is 60.7 Å². The summed E-state index contributed by atoms with van der Waals surface area (Å²) < 4.78 is 1.56. The van der Waals surface area contributed by atoms with Crippen LogP contribution in [0.3, 0.4) is 0 Å². The normalized spacial score (nSPS) is 12.8. The Bertz CT molecular complexity index is 951. The van der Waals surface area contributed by atoms with Crippen LogP contribution in [0.4, 0.5) is 0 Å². The lowest BCUT2D eigenvalue weighted by molar-refractivity contribution is 0.0897. The minimum Gasteiger partial charge on any atom is -0.344 e. The predicted molar refractivity (Wildman–Crippen MR) is 108 cm³/mol. The Labute approximate surface area is 164 Å². The Morgan fingerprint density at radius 2 is 1.29 bits per heavy atom. The smallest absolute Gasteiger partial charge is 0.272 e. The molecule has 0 bridgehead atoms. The van der Waals surface area contributed by atoms with E-state index in [0.717, 1.165) is 11.1 Å². The Morgan fingerprint density at radius 3 is 1.79 bits per heavy atom. The van der Waals surface area contributed by atoms with Gasteiger partial charge in [0.05, 0.1) is 18.4 Å². The molecule has 0 saturated heterocycles. The number of aryl methyl sites for hydroxylation is 1. The first-order valence-electron chi connectivity index (χ1n) is 9.20. The van der Waals surface area contributed by atoms with Crippen molar-refractivity contribution in [1.29, 1.82) is 0 Å². The van der Waals surface area contributed by atoms with Crippen LogP contribution < -0.4 is 10.6 Å². The summed E-state index contributed by atoms with van der Waals surface area (Å²) in [5.74, 6) is -0.719. The molecular weight excluding hydrogens is 352 g/mol. The fourth-order valence-corrected chi connectivity index (χ4v) is 3.04. The zero-order chi connectivity index (χ0) is 20.1. The largest absolute Gasteiger partial charge is 0.344 e. The van der Waals surface area contributed by atoms with Gasteiger partial charge in [0.1, 0.15) is 5.69 Å². The van der Waals surface area contributed by atoms with Crippen molar-refractivity contribution in [2.75, 3.05) is 0 Å². The monoisotopic (exact) mass is 376 g/mol. The topological polar surface area (TPSA) is 76.0 Å². The number of amides is 2. The molecule has 0 aliphatic carbocycles. The van der Waals surface area contributed by atoms with Crippen molar-refractivity contribution >= 4 is 11.8 Å². The van der Waals surface area contributed by atoms with Gasteiger partial charge in [-0.05, 0) is 25.0 Å². The molecule has 0 aliphatic heterocycles. The van der Waals surface area contributed by atoms with E-state index in [0.29, 0.717) is 0 Å². The fraction of sp³-hybridized carbons (Fsp3) is 0.227. The van der Waals surface area contributed by atoms with E-state index in [9.17, 15) is 9.59 Å². The molecule has 2 N–H and O–H groups in total. The molecule has 144 valence electrons. The van der Waals surface area contributed by atoms with E-state index in [1.165, 1.54) is 6.33 Å². The molecule has 2 aromatic carbocycles. The second kappa shape index (κ2) is 8.52. The van der Waals surface area contributed by atoms with Crippen molar-refractivity contribution in [3.8, 4) is 0 Å². The number of hydrogen-bond donors (Lipinski definition) is 2. The van der Waals surface area contributed by atoms with E-state index in [1.54, 1.807) is 11.6 Å². The van der Waals surface area contributed by atoms with E-state index >= 15 is 0 Å². The van der Waals surface area contributed by atoms with Crippen LogP contribution in [0.5, 0.6) is 0 Å². The minimum atomic E-state index is -0.380. The van der Waals surface area contributed by atoms with E-state index in [2.05, 4.69) is 15.6 Å². The van der Waals surface area contributed by atoms with Gasteiger partial charge in [-0.2, -0.15) is 0 Å². The van der Waals surface area contributed by atoms with Gasteiger partial charge >= 0.3 is 0 Å². The molecule has 0 aliphatic rings. The highest BCUT2D eigenvalue weighted by Gasteiger charge is 2.25. The summed E-state index contributed by atoms with van der Waals surface area (Å²) in [6.07, 6.45) is 1.48. The molecule has 0 saturated carbocycles. The quantitative estimate of drug-likeness (QED) is 0.692. The molecule has 28 heavy (non-hydrogen) atoms. The third-order valence-electron chi connectivity index (χ3n) is 4.66. The van der Waals surface area contributed by atoms with Gasteiger partial charge in [0, 0.05) is 7.05 Å². The molecule has 1 aromatic heterocycles. The summed E-state index contributed by atoms with van der Waals surface area (Å²) in [6.45, 7) is 3.80. The lowest BCUT2D eigenvalue weighted by atomic mass is 10.1. The molecule has 2 amide bonds. The lowest BCUT2D eigenvalue weighted by Crippen LogP contribution is -2.33. The number of benzene rings is 2. The summed E-state index contributed by atoms with van der Waals surface area (Å²) in [6, 6.07) is 18.9. The third kappa shape index (κ3) is 4.28.